The topological polar surface area (TPSA) is 97.6 Å². The highest BCUT2D eigenvalue weighted by Gasteiger charge is 2.37. The van der Waals surface area contributed by atoms with Crippen molar-refractivity contribution >= 4 is 28.6 Å². The first-order chi connectivity index (χ1) is 23.0. The van der Waals surface area contributed by atoms with E-state index in [4.69, 9.17) is 19.4 Å². The number of piperidine rings is 2. The summed E-state index contributed by atoms with van der Waals surface area (Å²) in [7, 11) is 0. The molecule has 1 spiro atoms. The summed E-state index contributed by atoms with van der Waals surface area (Å²) in [5.41, 5.74) is 6.39. The molecule has 4 aromatic rings. The Morgan fingerprint density at radius 1 is 0.957 bits per heavy atom. The molecule has 2 saturated heterocycles. The number of amides is 1. The van der Waals surface area contributed by atoms with Gasteiger partial charge in [-0.1, -0.05) is 0 Å². The quantitative estimate of drug-likeness (QED) is 0.254. The van der Waals surface area contributed by atoms with E-state index >= 15 is 0 Å². The lowest BCUT2D eigenvalue weighted by atomic mass is 9.71. The zero-order valence-corrected chi connectivity index (χ0v) is 27.8. The minimum Gasteiger partial charge on any atom is -0.493 e. The Balaban J connectivity index is 1.10. The van der Waals surface area contributed by atoms with Gasteiger partial charge >= 0.3 is 0 Å². The van der Waals surface area contributed by atoms with Crippen LogP contribution in [0.25, 0.3) is 22.3 Å². The molecule has 3 aromatic heterocycles. The first-order valence-electron chi connectivity index (χ1n) is 17.4. The van der Waals surface area contributed by atoms with Gasteiger partial charge in [0.25, 0.3) is 5.91 Å². The lowest BCUT2D eigenvalue weighted by molar-refractivity contribution is 0.0536. The number of nitrogens with one attached hydrogen (secondary N) is 1. The fourth-order valence-electron chi connectivity index (χ4n) is 7.50. The van der Waals surface area contributed by atoms with Gasteiger partial charge < -0.3 is 23.8 Å². The number of benzene rings is 1. The Labute approximate surface area is 277 Å². The number of carbonyl (C=O) groups excluding carboxylic acids is 1. The van der Waals surface area contributed by atoms with Crippen LogP contribution in [0.3, 0.4) is 0 Å². The van der Waals surface area contributed by atoms with Crippen LogP contribution in [-0.4, -0.2) is 82.9 Å². The van der Waals surface area contributed by atoms with Crippen LogP contribution in [0.4, 0.5) is 11.6 Å². The molecule has 1 amide bonds. The number of nitrogens with zero attached hydrogens (tertiary/aromatic N) is 6. The van der Waals surface area contributed by atoms with E-state index in [0.29, 0.717) is 29.2 Å². The number of pyridine rings is 2. The van der Waals surface area contributed by atoms with Gasteiger partial charge in [-0.2, -0.15) is 0 Å². The summed E-state index contributed by atoms with van der Waals surface area (Å²) in [6.45, 7) is 12.5. The number of hydrogen-bond donors (Lipinski definition) is 1. The minimum atomic E-state index is -0.208. The number of aromatic nitrogens is 4. The van der Waals surface area contributed by atoms with E-state index in [1.165, 1.54) is 44.5 Å². The van der Waals surface area contributed by atoms with Crippen molar-refractivity contribution in [1.82, 2.24) is 24.4 Å². The van der Waals surface area contributed by atoms with E-state index in [1.54, 1.807) is 12.4 Å². The van der Waals surface area contributed by atoms with Crippen LogP contribution in [0, 0.1) is 12.3 Å². The molecule has 10 heteroatoms. The van der Waals surface area contributed by atoms with Gasteiger partial charge in [0.1, 0.15) is 5.75 Å². The van der Waals surface area contributed by atoms with Gasteiger partial charge in [-0.05, 0) is 114 Å². The highest BCUT2D eigenvalue weighted by Crippen LogP contribution is 2.42. The molecule has 3 aliphatic rings. The number of imidazole rings is 1. The summed E-state index contributed by atoms with van der Waals surface area (Å²) >= 11 is 0. The van der Waals surface area contributed by atoms with Gasteiger partial charge in [-0.15, -0.1) is 0 Å². The third kappa shape index (κ3) is 6.99. The van der Waals surface area contributed by atoms with E-state index in [0.717, 1.165) is 86.7 Å². The van der Waals surface area contributed by atoms with E-state index < -0.39 is 0 Å². The van der Waals surface area contributed by atoms with Crippen LogP contribution in [0.2, 0.25) is 0 Å². The van der Waals surface area contributed by atoms with E-state index in [-0.39, 0.29) is 5.91 Å². The van der Waals surface area contributed by atoms with Crippen LogP contribution < -0.4 is 15.0 Å². The largest absolute Gasteiger partial charge is 0.493 e. The number of carbonyl (C=O) groups is 1. The van der Waals surface area contributed by atoms with Crippen molar-refractivity contribution in [3.63, 3.8) is 0 Å². The molecule has 1 aromatic carbocycles. The number of aryl methyl sites for hydroxylation is 2. The van der Waals surface area contributed by atoms with Crippen LogP contribution in [0.1, 0.15) is 67.9 Å². The summed E-state index contributed by atoms with van der Waals surface area (Å²) in [6, 6.07) is 12.1. The highest BCUT2D eigenvalue weighted by atomic mass is 16.5. The second kappa shape index (κ2) is 14.0. The van der Waals surface area contributed by atoms with Crippen molar-refractivity contribution in [3.8, 4) is 17.0 Å². The molecule has 0 saturated carbocycles. The second-order valence-corrected chi connectivity index (χ2v) is 13.4. The van der Waals surface area contributed by atoms with Crippen molar-refractivity contribution in [2.45, 2.75) is 65.3 Å². The Morgan fingerprint density at radius 2 is 1.79 bits per heavy atom. The molecule has 1 N–H and O–H groups in total. The summed E-state index contributed by atoms with van der Waals surface area (Å²) in [6.07, 6.45) is 11.4. The van der Waals surface area contributed by atoms with Crippen LogP contribution >= 0.6 is 0 Å². The van der Waals surface area contributed by atoms with Crippen molar-refractivity contribution in [2.75, 3.05) is 62.8 Å². The number of rotatable bonds is 5. The molecule has 0 atom stereocenters. The highest BCUT2D eigenvalue weighted by molar-refractivity contribution is 6.05. The monoisotopic (exact) mass is 637 g/mol. The second-order valence-electron chi connectivity index (χ2n) is 13.4. The number of ether oxygens (including phenoxy) is 2. The first kappa shape index (κ1) is 31.6. The zero-order chi connectivity index (χ0) is 32.2. The summed E-state index contributed by atoms with van der Waals surface area (Å²) in [5, 5.41) is 3.15. The molecule has 2 bridgehead atoms. The predicted octanol–water partition coefficient (Wildman–Crippen LogP) is 6.34. The van der Waals surface area contributed by atoms with E-state index in [1.807, 2.05) is 25.1 Å². The lowest BCUT2D eigenvalue weighted by Gasteiger charge is -2.47. The summed E-state index contributed by atoms with van der Waals surface area (Å²) in [4.78, 5) is 32.8. The molecule has 10 nitrogen and oxygen atoms in total. The molecule has 0 aliphatic carbocycles. The van der Waals surface area contributed by atoms with Gasteiger partial charge in [0.2, 0.25) is 5.95 Å². The number of anilines is 2. The van der Waals surface area contributed by atoms with Crippen LogP contribution in [0.5, 0.6) is 5.75 Å². The van der Waals surface area contributed by atoms with Gasteiger partial charge in [0.05, 0.1) is 35.5 Å². The van der Waals surface area contributed by atoms with E-state index in [2.05, 4.69) is 49.8 Å². The third-order valence-corrected chi connectivity index (χ3v) is 10.4. The normalized spacial score (nSPS) is 18.9. The van der Waals surface area contributed by atoms with Gasteiger partial charge in [-0.25, -0.2) is 4.98 Å². The van der Waals surface area contributed by atoms with Crippen molar-refractivity contribution in [3.05, 3.63) is 60.0 Å². The fourth-order valence-corrected chi connectivity index (χ4v) is 7.50. The van der Waals surface area contributed by atoms with Crippen molar-refractivity contribution in [2.24, 2.45) is 5.41 Å². The minimum absolute atomic E-state index is 0.208. The number of fused-ring (bicyclic) bond motifs is 7. The molecular formula is C37H47N7O3. The maximum absolute atomic E-state index is 13.7. The van der Waals surface area contributed by atoms with E-state index in [9.17, 15) is 4.79 Å². The summed E-state index contributed by atoms with van der Waals surface area (Å²) in [5.74, 6) is 1.11. The number of hydrogen-bond acceptors (Lipinski definition) is 8. The third-order valence-electron chi connectivity index (χ3n) is 10.4. The molecule has 6 heterocycles. The Morgan fingerprint density at radius 3 is 2.62 bits per heavy atom. The van der Waals surface area contributed by atoms with Gasteiger partial charge in [0, 0.05) is 62.1 Å². The van der Waals surface area contributed by atoms with Crippen LogP contribution in [0.15, 0.2) is 48.8 Å². The molecule has 248 valence electrons. The predicted molar refractivity (Wildman–Crippen MR) is 185 cm³/mol. The standard InChI is InChI=1S/C37H47N7O3/c1-3-46-22-20-42-16-10-37(11-17-42)12-18-43(19-13-37)29-7-8-31-33(25-29)44-15-5-4-6-21-47-34-9-14-38-26-30(34)32-24-28(23-27(2)39-32)35(45)41-36(44)40-31/h7-9,14,23-26H,3-6,10-13,15-22H2,1-2H3,(H,40,41,45). The molecule has 3 aliphatic heterocycles. The molecule has 2 fully saturated rings. The maximum atomic E-state index is 13.7. The molecule has 47 heavy (non-hydrogen) atoms. The smallest absolute Gasteiger partial charge is 0.258 e. The number of likely N-dealkylation sites (tertiary alicyclic amines) is 1. The van der Waals surface area contributed by atoms with Crippen molar-refractivity contribution < 1.29 is 14.3 Å². The fraction of sp³-hybridized carbons (Fsp3) is 0.514. The molecule has 0 radical (unpaired) electrons. The molecular weight excluding hydrogens is 590 g/mol. The van der Waals surface area contributed by atoms with Crippen molar-refractivity contribution in [1.29, 1.82) is 0 Å². The average molecular weight is 638 g/mol. The molecule has 0 unspecified atom stereocenters. The van der Waals surface area contributed by atoms with Crippen LogP contribution in [-0.2, 0) is 11.3 Å². The maximum Gasteiger partial charge on any atom is 0.258 e. The Bertz CT molecular complexity index is 1700. The van der Waals surface area contributed by atoms with Gasteiger partial charge in [0.15, 0.2) is 0 Å². The average Bonchev–Trinajstić information content (AvgIpc) is 3.43. The zero-order valence-electron chi connectivity index (χ0n) is 27.8. The van der Waals surface area contributed by atoms with Gasteiger partial charge in [-0.3, -0.25) is 20.1 Å². The molecule has 7 rings (SSSR count). The SMILES string of the molecule is CCOCCN1CCC2(CC1)CCN(c1ccc3nc4n(c3c1)CCCCCOc1ccncc1-c1cc(cc(C)n1)C(=O)N4)CC2. The Kier molecular flexibility index (Phi) is 9.40. The Hall–Kier alpha value is -4.02. The first-order valence-corrected chi connectivity index (χ1v) is 17.4. The summed E-state index contributed by atoms with van der Waals surface area (Å²) < 4.78 is 14.0. The lowest BCUT2D eigenvalue weighted by Crippen LogP contribution is -2.47.